The number of aromatic nitrogens is 1. The zero-order valence-corrected chi connectivity index (χ0v) is 18.9. The SMILES string of the molecule is CCC(N)C(=O)N1CCC[C@@H]1C(=O)N1CCC[C@H]1CCc1cc2ccccc2n1CC. The number of nitrogens with zero attached hydrogens (tertiary/aromatic N) is 3. The van der Waals surface area contributed by atoms with E-state index in [-0.39, 0.29) is 23.9 Å². The third kappa shape index (κ3) is 4.22. The van der Waals surface area contributed by atoms with E-state index in [0.717, 1.165) is 51.6 Å². The molecule has 6 heteroatoms. The van der Waals surface area contributed by atoms with Crippen molar-refractivity contribution < 1.29 is 9.59 Å². The first-order valence-corrected chi connectivity index (χ1v) is 12.0. The summed E-state index contributed by atoms with van der Waals surface area (Å²) >= 11 is 0. The first-order valence-electron chi connectivity index (χ1n) is 12.0. The highest BCUT2D eigenvalue weighted by atomic mass is 16.2. The third-order valence-corrected chi connectivity index (χ3v) is 7.18. The molecule has 3 atom stereocenters. The Kier molecular flexibility index (Phi) is 6.65. The summed E-state index contributed by atoms with van der Waals surface area (Å²) in [7, 11) is 0. The summed E-state index contributed by atoms with van der Waals surface area (Å²) in [4.78, 5) is 29.9. The Morgan fingerprint density at radius 1 is 1.10 bits per heavy atom. The molecule has 2 aliphatic heterocycles. The van der Waals surface area contributed by atoms with E-state index < -0.39 is 6.04 Å². The first kappa shape index (κ1) is 21.9. The monoisotopic (exact) mass is 424 g/mol. The zero-order chi connectivity index (χ0) is 22.0. The van der Waals surface area contributed by atoms with Gasteiger partial charge in [0.15, 0.2) is 0 Å². The lowest BCUT2D eigenvalue weighted by atomic mass is 10.1. The number of nitrogens with two attached hydrogens (primary N) is 1. The van der Waals surface area contributed by atoms with Gasteiger partial charge >= 0.3 is 0 Å². The molecule has 0 spiro atoms. The van der Waals surface area contributed by atoms with Gasteiger partial charge in [-0.3, -0.25) is 9.59 Å². The molecule has 2 N–H and O–H groups in total. The van der Waals surface area contributed by atoms with E-state index in [1.807, 2.05) is 6.92 Å². The Morgan fingerprint density at radius 3 is 2.61 bits per heavy atom. The molecule has 2 fully saturated rings. The zero-order valence-electron chi connectivity index (χ0n) is 18.9. The molecule has 31 heavy (non-hydrogen) atoms. The minimum atomic E-state index is -0.501. The number of aryl methyl sites for hydroxylation is 2. The maximum absolute atomic E-state index is 13.4. The molecular formula is C25H36N4O2. The summed E-state index contributed by atoms with van der Waals surface area (Å²) in [6, 6.07) is 10.3. The van der Waals surface area contributed by atoms with Crippen molar-refractivity contribution in [2.24, 2.45) is 5.73 Å². The smallest absolute Gasteiger partial charge is 0.245 e. The molecule has 1 unspecified atom stereocenters. The number of carbonyl (C=O) groups excluding carboxylic acids is 2. The van der Waals surface area contributed by atoms with Gasteiger partial charge in [0.05, 0.1) is 6.04 Å². The summed E-state index contributed by atoms with van der Waals surface area (Å²) in [5.74, 6) is 0.0641. The maximum atomic E-state index is 13.4. The normalized spacial score (nSPS) is 22.4. The molecule has 2 aliphatic rings. The summed E-state index contributed by atoms with van der Waals surface area (Å²) in [5, 5.41) is 1.28. The minimum Gasteiger partial charge on any atom is -0.345 e. The fraction of sp³-hybridized carbons (Fsp3) is 0.600. The summed E-state index contributed by atoms with van der Waals surface area (Å²) in [5.41, 5.74) is 8.62. The molecule has 0 aliphatic carbocycles. The van der Waals surface area contributed by atoms with Crippen molar-refractivity contribution >= 4 is 22.7 Å². The molecule has 0 bridgehead atoms. The molecule has 2 saturated heterocycles. The third-order valence-electron chi connectivity index (χ3n) is 7.18. The molecule has 168 valence electrons. The van der Waals surface area contributed by atoms with Crippen LogP contribution in [0.25, 0.3) is 10.9 Å². The number of amides is 2. The van der Waals surface area contributed by atoms with E-state index in [2.05, 4.69) is 46.7 Å². The number of benzene rings is 1. The van der Waals surface area contributed by atoms with E-state index in [4.69, 9.17) is 5.73 Å². The van der Waals surface area contributed by atoms with Gasteiger partial charge < -0.3 is 20.1 Å². The van der Waals surface area contributed by atoms with E-state index in [1.54, 1.807) is 4.90 Å². The highest BCUT2D eigenvalue weighted by Crippen LogP contribution is 2.28. The van der Waals surface area contributed by atoms with E-state index in [9.17, 15) is 9.59 Å². The second-order valence-electron chi connectivity index (χ2n) is 9.01. The quantitative estimate of drug-likeness (QED) is 0.741. The highest BCUT2D eigenvalue weighted by Gasteiger charge is 2.40. The Labute approximate surface area is 185 Å². The van der Waals surface area contributed by atoms with Crippen molar-refractivity contribution in [2.75, 3.05) is 13.1 Å². The van der Waals surface area contributed by atoms with Crippen molar-refractivity contribution in [3.63, 3.8) is 0 Å². The van der Waals surface area contributed by atoms with Gasteiger partial charge in [-0.15, -0.1) is 0 Å². The van der Waals surface area contributed by atoms with Crippen LogP contribution in [0.4, 0.5) is 0 Å². The highest BCUT2D eigenvalue weighted by molar-refractivity contribution is 5.90. The Morgan fingerprint density at radius 2 is 1.84 bits per heavy atom. The minimum absolute atomic E-state index is 0.0680. The average molecular weight is 425 g/mol. The number of hydrogen-bond acceptors (Lipinski definition) is 3. The van der Waals surface area contributed by atoms with Crippen LogP contribution in [-0.4, -0.2) is 57.4 Å². The Bertz CT molecular complexity index is 937. The molecule has 2 amide bonds. The van der Waals surface area contributed by atoms with Crippen LogP contribution in [0.1, 0.15) is 58.1 Å². The van der Waals surface area contributed by atoms with Gasteiger partial charge in [0, 0.05) is 36.9 Å². The molecule has 1 aromatic heterocycles. The van der Waals surface area contributed by atoms with Crippen molar-refractivity contribution in [2.45, 2.75) is 83.5 Å². The van der Waals surface area contributed by atoms with Gasteiger partial charge in [-0.25, -0.2) is 0 Å². The van der Waals surface area contributed by atoms with Crippen LogP contribution in [-0.2, 0) is 22.6 Å². The maximum Gasteiger partial charge on any atom is 0.245 e. The number of likely N-dealkylation sites (tertiary alicyclic amines) is 2. The fourth-order valence-corrected chi connectivity index (χ4v) is 5.45. The van der Waals surface area contributed by atoms with Gasteiger partial charge in [-0.2, -0.15) is 0 Å². The van der Waals surface area contributed by atoms with Crippen LogP contribution in [0, 0.1) is 0 Å². The van der Waals surface area contributed by atoms with Crippen LogP contribution in [0.3, 0.4) is 0 Å². The molecular weight excluding hydrogens is 388 g/mol. The largest absolute Gasteiger partial charge is 0.345 e. The van der Waals surface area contributed by atoms with E-state index in [0.29, 0.717) is 13.0 Å². The van der Waals surface area contributed by atoms with Crippen molar-refractivity contribution in [1.82, 2.24) is 14.4 Å². The fourth-order valence-electron chi connectivity index (χ4n) is 5.45. The topological polar surface area (TPSA) is 71.6 Å². The van der Waals surface area contributed by atoms with Gasteiger partial charge in [-0.1, -0.05) is 25.1 Å². The summed E-state index contributed by atoms with van der Waals surface area (Å²) in [6.07, 6.45) is 6.27. The molecule has 4 rings (SSSR count). The lowest BCUT2D eigenvalue weighted by Crippen LogP contribution is -2.52. The van der Waals surface area contributed by atoms with Gasteiger partial charge in [-0.05, 0) is 69.4 Å². The van der Waals surface area contributed by atoms with Crippen LogP contribution < -0.4 is 5.73 Å². The van der Waals surface area contributed by atoms with Crippen LogP contribution in [0.15, 0.2) is 30.3 Å². The molecule has 1 aromatic carbocycles. The molecule has 0 saturated carbocycles. The number of carbonyl (C=O) groups is 2. The predicted octanol–water partition coefficient (Wildman–Crippen LogP) is 3.31. The summed E-state index contributed by atoms with van der Waals surface area (Å²) in [6.45, 7) is 6.51. The molecule has 2 aromatic rings. The predicted molar refractivity (Wildman–Crippen MR) is 124 cm³/mol. The van der Waals surface area contributed by atoms with E-state index >= 15 is 0 Å². The molecule has 3 heterocycles. The van der Waals surface area contributed by atoms with Crippen LogP contribution in [0.2, 0.25) is 0 Å². The van der Waals surface area contributed by atoms with E-state index in [1.165, 1.54) is 16.6 Å². The van der Waals surface area contributed by atoms with Gasteiger partial charge in [0.25, 0.3) is 0 Å². The second kappa shape index (κ2) is 9.43. The lowest BCUT2D eigenvalue weighted by Gasteiger charge is -2.32. The first-order chi connectivity index (χ1) is 15.0. The second-order valence-corrected chi connectivity index (χ2v) is 9.01. The van der Waals surface area contributed by atoms with Crippen LogP contribution in [0.5, 0.6) is 0 Å². The Balaban J connectivity index is 1.45. The van der Waals surface area contributed by atoms with Gasteiger partial charge in [0.1, 0.15) is 6.04 Å². The van der Waals surface area contributed by atoms with Crippen molar-refractivity contribution in [3.8, 4) is 0 Å². The Hall–Kier alpha value is -2.34. The molecule has 0 radical (unpaired) electrons. The number of para-hydroxylation sites is 1. The number of hydrogen-bond donors (Lipinski definition) is 1. The summed E-state index contributed by atoms with van der Waals surface area (Å²) < 4.78 is 2.39. The van der Waals surface area contributed by atoms with Crippen LogP contribution >= 0.6 is 0 Å². The van der Waals surface area contributed by atoms with Crippen molar-refractivity contribution in [1.29, 1.82) is 0 Å². The number of fused-ring (bicyclic) bond motifs is 1. The number of rotatable bonds is 7. The lowest BCUT2D eigenvalue weighted by molar-refractivity contribution is -0.145. The van der Waals surface area contributed by atoms with Gasteiger partial charge in [0.2, 0.25) is 11.8 Å². The average Bonchev–Trinajstić information content (AvgIpc) is 3.53. The van der Waals surface area contributed by atoms with Crippen molar-refractivity contribution in [3.05, 3.63) is 36.0 Å². The molecule has 6 nitrogen and oxygen atoms in total. The standard InChI is InChI=1S/C25H36N4O2/c1-3-21(26)24(30)29-16-8-12-23(29)25(31)28-15-7-10-19(28)13-14-20-17-18-9-5-6-11-22(18)27(20)4-2/h5-6,9,11,17,19,21,23H,3-4,7-8,10,12-16,26H2,1-2H3/t19-,21?,23+/m0/s1.